The Labute approximate surface area is 179 Å². The zero-order valence-electron chi connectivity index (χ0n) is 15.9. The molecule has 0 aliphatic heterocycles. The molecular weight excluding hydrogens is 460 g/mol. The summed E-state index contributed by atoms with van der Waals surface area (Å²) >= 11 is 3.24. The number of primary amides is 1. The Balaban J connectivity index is 1.89. The molecule has 2 aromatic carbocycles. The van der Waals surface area contributed by atoms with Crippen LogP contribution in [-0.2, 0) is 13.0 Å². The van der Waals surface area contributed by atoms with Gasteiger partial charge in [0, 0.05) is 35.0 Å². The molecule has 0 aliphatic carbocycles. The lowest BCUT2D eigenvalue weighted by Crippen LogP contribution is -2.19. The first kappa shape index (κ1) is 21.5. The largest absolute Gasteiger partial charge is 0.487 e. The first-order chi connectivity index (χ1) is 14.2. The SMILES string of the molecule is Cc1[nH]c(=O)c(Br)c(OCc2ccc(F)cc2F)c1Cc1ccc(NC(N)=O)cc1. The monoisotopic (exact) mass is 477 g/mol. The fourth-order valence-electron chi connectivity index (χ4n) is 2.91. The maximum Gasteiger partial charge on any atom is 0.316 e. The van der Waals surface area contributed by atoms with Gasteiger partial charge in [0.2, 0.25) is 0 Å². The Morgan fingerprint density at radius 1 is 1.20 bits per heavy atom. The quantitative estimate of drug-likeness (QED) is 0.491. The highest BCUT2D eigenvalue weighted by molar-refractivity contribution is 9.10. The van der Waals surface area contributed by atoms with Gasteiger partial charge in [-0.3, -0.25) is 4.79 Å². The number of aromatic amines is 1. The standard InChI is InChI=1S/C21H18BrF2N3O3/c1-11-16(8-12-2-6-15(7-3-12)27-21(25)29)19(18(22)20(28)26-11)30-10-13-4-5-14(23)9-17(13)24/h2-7,9H,8,10H2,1H3,(H,26,28)(H3,25,27,29). The van der Waals surface area contributed by atoms with Crippen LogP contribution in [0.15, 0.2) is 51.7 Å². The average Bonchev–Trinajstić information content (AvgIpc) is 2.68. The number of pyridine rings is 1. The van der Waals surface area contributed by atoms with Crippen LogP contribution in [0.3, 0.4) is 0 Å². The zero-order chi connectivity index (χ0) is 21.8. The second-order valence-electron chi connectivity index (χ2n) is 6.59. The fraction of sp³-hybridized carbons (Fsp3) is 0.143. The topological polar surface area (TPSA) is 97.2 Å². The molecule has 3 aromatic rings. The van der Waals surface area contributed by atoms with Crippen LogP contribution in [-0.4, -0.2) is 11.0 Å². The van der Waals surface area contributed by atoms with Crippen molar-refractivity contribution in [1.82, 2.24) is 4.98 Å². The second-order valence-corrected chi connectivity index (χ2v) is 7.38. The zero-order valence-corrected chi connectivity index (χ0v) is 17.5. The van der Waals surface area contributed by atoms with Gasteiger partial charge in [0.05, 0.1) is 0 Å². The molecule has 0 radical (unpaired) electrons. The maximum absolute atomic E-state index is 13.9. The van der Waals surface area contributed by atoms with E-state index in [9.17, 15) is 18.4 Å². The van der Waals surface area contributed by atoms with E-state index in [0.717, 1.165) is 17.7 Å². The number of hydrogen-bond donors (Lipinski definition) is 3. The van der Waals surface area contributed by atoms with Gasteiger partial charge >= 0.3 is 6.03 Å². The van der Waals surface area contributed by atoms with Gasteiger partial charge in [-0.05, 0) is 52.7 Å². The van der Waals surface area contributed by atoms with E-state index in [2.05, 4.69) is 26.2 Å². The van der Waals surface area contributed by atoms with Crippen LogP contribution in [0, 0.1) is 18.6 Å². The number of nitrogens with one attached hydrogen (secondary N) is 2. The van der Waals surface area contributed by atoms with Crippen LogP contribution in [0.25, 0.3) is 0 Å². The van der Waals surface area contributed by atoms with E-state index in [1.165, 1.54) is 6.07 Å². The highest BCUT2D eigenvalue weighted by Crippen LogP contribution is 2.31. The minimum atomic E-state index is -0.730. The van der Waals surface area contributed by atoms with Gasteiger partial charge in [-0.15, -0.1) is 0 Å². The molecule has 0 saturated carbocycles. The lowest BCUT2D eigenvalue weighted by atomic mass is 10.0. The summed E-state index contributed by atoms with van der Waals surface area (Å²) < 4.78 is 33.0. The van der Waals surface area contributed by atoms with Crippen LogP contribution >= 0.6 is 15.9 Å². The summed E-state index contributed by atoms with van der Waals surface area (Å²) in [4.78, 5) is 25.9. The summed E-state index contributed by atoms with van der Waals surface area (Å²) in [6.45, 7) is 1.56. The lowest BCUT2D eigenvalue weighted by Gasteiger charge is -2.16. The summed E-state index contributed by atoms with van der Waals surface area (Å²) in [5, 5.41) is 2.48. The number of carbonyl (C=O) groups excluding carboxylic acids is 1. The van der Waals surface area contributed by atoms with Crippen molar-refractivity contribution < 1.29 is 18.3 Å². The molecule has 0 fully saturated rings. The molecule has 0 bridgehead atoms. The molecule has 0 aliphatic rings. The minimum absolute atomic E-state index is 0.161. The average molecular weight is 478 g/mol. The number of aromatic nitrogens is 1. The van der Waals surface area contributed by atoms with Crippen LogP contribution < -0.4 is 21.3 Å². The Hall–Kier alpha value is -3.20. The molecule has 2 amide bonds. The number of hydrogen-bond acceptors (Lipinski definition) is 3. The third kappa shape index (κ3) is 5.04. The molecule has 0 spiro atoms. The Morgan fingerprint density at radius 2 is 1.90 bits per heavy atom. The van der Waals surface area contributed by atoms with Crippen LogP contribution in [0.4, 0.5) is 19.3 Å². The van der Waals surface area contributed by atoms with Gasteiger partial charge < -0.3 is 20.8 Å². The third-order valence-electron chi connectivity index (χ3n) is 4.42. The van der Waals surface area contributed by atoms with Crippen molar-refractivity contribution in [3.8, 4) is 5.75 Å². The molecule has 1 heterocycles. The molecule has 3 rings (SSSR count). The fourth-order valence-corrected chi connectivity index (χ4v) is 3.36. The van der Waals surface area contributed by atoms with Gasteiger partial charge in [0.1, 0.15) is 28.5 Å². The van der Waals surface area contributed by atoms with Crippen molar-refractivity contribution >= 4 is 27.6 Å². The number of benzene rings is 2. The van der Waals surface area contributed by atoms with Crippen molar-refractivity contribution in [1.29, 1.82) is 0 Å². The smallest absolute Gasteiger partial charge is 0.316 e. The summed E-state index contributed by atoms with van der Waals surface area (Å²) in [6, 6.07) is 9.55. The summed E-state index contributed by atoms with van der Waals surface area (Å²) in [5.41, 5.74) is 7.60. The predicted molar refractivity (Wildman–Crippen MR) is 113 cm³/mol. The predicted octanol–water partition coefficient (Wildman–Crippen LogP) is 4.38. The number of urea groups is 1. The number of amides is 2. The van der Waals surface area contributed by atoms with E-state index < -0.39 is 17.7 Å². The third-order valence-corrected chi connectivity index (χ3v) is 5.14. The summed E-state index contributed by atoms with van der Waals surface area (Å²) in [7, 11) is 0. The molecule has 4 N–H and O–H groups in total. The van der Waals surface area contributed by atoms with Crippen LogP contribution in [0.2, 0.25) is 0 Å². The van der Waals surface area contributed by atoms with Crippen LogP contribution in [0.5, 0.6) is 5.75 Å². The molecule has 0 atom stereocenters. The van der Waals surface area contributed by atoms with Gasteiger partial charge in [-0.1, -0.05) is 12.1 Å². The first-order valence-corrected chi connectivity index (χ1v) is 9.67. The molecule has 1 aromatic heterocycles. The van der Waals surface area contributed by atoms with Crippen molar-refractivity contribution in [2.45, 2.75) is 20.0 Å². The normalized spacial score (nSPS) is 10.7. The van der Waals surface area contributed by atoms with E-state index in [0.29, 0.717) is 23.4 Å². The molecule has 6 nitrogen and oxygen atoms in total. The van der Waals surface area contributed by atoms with Gasteiger partial charge in [0.25, 0.3) is 5.56 Å². The van der Waals surface area contributed by atoms with E-state index in [1.807, 2.05) is 0 Å². The van der Waals surface area contributed by atoms with Gasteiger partial charge in [-0.2, -0.15) is 0 Å². The number of ether oxygens (including phenoxy) is 1. The number of rotatable bonds is 6. The van der Waals surface area contributed by atoms with Crippen molar-refractivity contribution in [3.05, 3.63) is 91.3 Å². The number of halogens is 3. The summed E-state index contributed by atoms with van der Waals surface area (Å²) in [5.74, 6) is -1.13. The molecule has 9 heteroatoms. The molecule has 0 unspecified atom stereocenters. The Bertz CT molecular complexity index is 1150. The van der Waals surface area contributed by atoms with E-state index in [1.54, 1.807) is 31.2 Å². The van der Waals surface area contributed by atoms with Crippen LogP contribution in [0.1, 0.15) is 22.4 Å². The lowest BCUT2D eigenvalue weighted by molar-refractivity contribution is 0.259. The molecular formula is C21H18BrF2N3O3. The van der Waals surface area contributed by atoms with E-state index in [-0.39, 0.29) is 28.0 Å². The summed E-state index contributed by atoms with van der Waals surface area (Å²) in [6.07, 6.45) is 0.402. The van der Waals surface area contributed by atoms with Gasteiger partial charge in [0.15, 0.2) is 0 Å². The number of carbonyl (C=O) groups is 1. The number of anilines is 1. The highest BCUT2D eigenvalue weighted by Gasteiger charge is 2.17. The number of H-pyrrole nitrogens is 1. The van der Waals surface area contributed by atoms with Crippen molar-refractivity contribution in [2.24, 2.45) is 5.73 Å². The Morgan fingerprint density at radius 3 is 2.53 bits per heavy atom. The second kappa shape index (κ2) is 9.08. The number of aryl methyl sites for hydroxylation is 1. The first-order valence-electron chi connectivity index (χ1n) is 8.88. The molecule has 0 saturated heterocycles. The molecule has 156 valence electrons. The Kier molecular flexibility index (Phi) is 6.51. The maximum atomic E-state index is 13.9. The van der Waals surface area contributed by atoms with E-state index >= 15 is 0 Å². The highest BCUT2D eigenvalue weighted by atomic mass is 79.9. The van der Waals surface area contributed by atoms with Gasteiger partial charge in [-0.25, -0.2) is 13.6 Å². The number of nitrogens with two attached hydrogens (primary N) is 1. The minimum Gasteiger partial charge on any atom is -0.487 e. The van der Waals surface area contributed by atoms with Crippen molar-refractivity contribution in [3.63, 3.8) is 0 Å². The van der Waals surface area contributed by atoms with Crippen molar-refractivity contribution in [2.75, 3.05) is 5.32 Å². The molecule has 30 heavy (non-hydrogen) atoms. The van der Waals surface area contributed by atoms with E-state index in [4.69, 9.17) is 10.5 Å².